The maximum atomic E-state index is 2.49. The summed E-state index contributed by atoms with van der Waals surface area (Å²) in [7, 11) is 2.49. The lowest BCUT2D eigenvalue weighted by Gasteiger charge is -2.37. The molecule has 0 unspecified atom stereocenters. The Morgan fingerprint density at radius 1 is 0.542 bits per heavy atom. The zero-order chi connectivity index (χ0) is 16.6. The fourth-order valence-corrected chi connectivity index (χ4v) is 4.19. The van der Waals surface area contributed by atoms with Gasteiger partial charge in [0, 0.05) is 0 Å². The van der Waals surface area contributed by atoms with Crippen molar-refractivity contribution < 1.29 is 28.5 Å². The van der Waals surface area contributed by atoms with Gasteiger partial charge in [0.2, 0.25) is 0 Å². The normalized spacial score (nSPS) is 16.8. The van der Waals surface area contributed by atoms with Crippen LogP contribution >= 0.6 is 0 Å². The number of hydrogen-bond acceptors (Lipinski definition) is 0. The standard InChI is InChI=1S/C22H46N.HI/c1-3-4-5-6-7-8-9-10-11-12-13-14-15-17-20-23(2)21-18-16-19-22-23;/h3-22H2,1-2H3;1H/q+1;/p-1. The van der Waals surface area contributed by atoms with Crippen LogP contribution in [0.1, 0.15) is 116 Å². The van der Waals surface area contributed by atoms with Crippen molar-refractivity contribution >= 4 is 0 Å². The summed E-state index contributed by atoms with van der Waals surface area (Å²) in [6.45, 7) is 6.63. The molecule has 1 heterocycles. The van der Waals surface area contributed by atoms with Gasteiger partial charge in [-0.2, -0.15) is 0 Å². The molecular formula is C22H46IN. The van der Waals surface area contributed by atoms with E-state index in [2.05, 4.69) is 14.0 Å². The van der Waals surface area contributed by atoms with Gasteiger partial charge < -0.3 is 28.5 Å². The third-order valence-electron chi connectivity index (χ3n) is 5.95. The van der Waals surface area contributed by atoms with Crippen molar-refractivity contribution in [2.45, 2.75) is 116 Å². The first kappa shape index (κ1) is 24.7. The van der Waals surface area contributed by atoms with Gasteiger partial charge in [0.05, 0.1) is 26.7 Å². The molecule has 0 radical (unpaired) electrons. The molecule has 0 aromatic carbocycles. The molecule has 0 atom stereocenters. The number of halogens is 1. The molecule has 0 bridgehead atoms. The summed E-state index contributed by atoms with van der Waals surface area (Å²) >= 11 is 0. The van der Waals surface area contributed by atoms with Crippen molar-refractivity contribution in [1.29, 1.82) is 0 Å². The summed E-state index contributed by atoms with van der Waals surface area (Å²) in [4.78, 5) is 0. The van der Waals surface area contributed by atoms with Crippen LogP contribution in [0.15, 0.2) is 0 Å². The zero-order valence-corrected chi connectivity index (χ0v) is 19.1. The Morgan fingerprint density at radius 3 is 1.33 bits per heavy atom. The largest absolute Gasteiger partial charge is 1.00 e. The van der Waals surface area contributed by atoms with E-state index in [1.54, 1.807) is 0 Å². The average Bonchev–Trinajstić information content (AvgIpc) is 2.56. The van der Waals surface area contributed by atoms with E-state index in [4.69, 9.17) is 0 Å². The van der Waals surface area contributed by atoms with Crippen LogP contribution in [0.25, 0.3) is 0 Å². The van der Waals surface area contributed by atoms with Crippen molar-refractivity contribution in [1.82, 2.24) is 0 Å². The summed E-state index contributed by atoms with van der Waals surface area (Å²) in [5.74, 6) is 0. The van der Waals surface area contributed by atoms with Crippen LogP contribution < -0.4 is 24.0 Å². The lowest BCUT2D eigenvalue weighted by Crippen LogP contribution is -3.00. The quantitative estimate of drug-likeness (QED) is 0.200. The summed E-state index contributed by atoms with van der Waals surface area (Å²) < 4.78 is 1.37. The van der Waals surface area contributed by atoms with E-state index in [1.165, 1.54) is 133 Å². The van der Waals surface area contributed by atoms with Gasteiger partial charge in [-0.25, -0.2) is 0 Å². The average molecular weight is 452 g/mol. The van der Waals surface area contributed by atoms with Crippen molar-refractivity contribution in [3.8, 4) is 0 Å². The Hall–Kier alpha value is 0.690. The molecule has 146 valence electrons. The molecular weight excluding hydrogens is 405 g/mol. The summed E-state index contributed by atoms with van der Waals surface area (Å²) in [6, 6.07) is 0. The Kier molecular flexibility index (Phi) is 17.6. The topological polar surface area (TPSA) is 0 Å². The second kappa shape index (κ2) is 17.1. The van der Waals surface area contributed by atoms with Gasteiger partial charge in [0.25, 0.3) is 0 Å². The molecule has 0 amide bonds. The van der Waals surface area contributed by atoms with E-state index in [1.807, 2.05) is 0 Å². The molecule has 1 aliphatic rings. The van der Waals surface area contributed by atoms with Crippen LogP contribution in [-0.2, 0) is 0 Å². The number of quaternary nitrogens is 1. The highest BCUT2D eigenvalue weighted by Gasteiger charge is 2.23. The third-order valence-corrected chi connectivity index (χ3v) is 5.95. The Balaban J connectivity index is 0.00000529. The molecule has 0 saturated carbocycles. The summed E-state index contributed by atoms with van der Waals surface area (Å²) in [6.07, 6.45) is 25.0. The second-order valence-electron chi connectivity index (χ2n) is 8.45. The summed E-state index contributed by atoms with van der Waals surface area (Å²) in [5, 5.41) is 0. The van der Waals surface area contributed by atoms with E-state index in [9.17, 15) is 0 Å². The Morgan fingerprint density at radius 2 is 0.917 bits per heavy atom. The molecule has 1 nitrogen and oxygen atoms in total. The van der Waals surface area contributed by atoms with Crippen LogP contribution in [0.2, 0.25) is 0 Å². The van der Waals surface area contributed by atoms with Gasteiger partial charge in [-0.05, 0) is 32.1 Å². The van der Waals surface area contributed by atoms with Crippen LogP contribution in [0, 0.1) is 0 Å². The third kappa shape index (κ3) is 13.9. The number of piperidine rings is 1. The highest BCUT2D eigenvalue weighted by molar-refractivity contribution is 4.53. The maximum absolute atomic E-state index is 2.49. The lowest BCUT2D eigenvalue weighted by atomic mass is 10.0. The maximum Gasteiger partial charge on any atom is 0.0784 e. The van der Waals surface area contributed by atoms with Gasteiger partial charge in [-0.15, -0.1) is 0 Å². The van der Waals surface area contributed by atoms with Crippen LogP contribution in [0.3, 0.4) is 0 Å². The number of rotatable bonds is 15. The fourth-order valence-electron chi connectivity index (χ4n) is 4.19. The first-order valence-electron chi connectivity index (χ1n) is 11.1. The van der Waals surface area contributed by atoms with Crippen molar-refractivity contribution in [3.05, 3.63) is 0 Å². The van der Waals surface area contributed by atoms with Gasteiger partial charge in [0.1, 0.15) is 0 Å². The summed E-state index contributed by atoms with van der Waals surface area (Å²) in [5.41, 5.74) is 0. The molecule has 0 spiro atoms. The molecule has 0 aromatic heterocycles. The Labute approximate surface area is 171 Å². The van der Waals surface area contributed by atoms with Crippen molar-refractivity contribution in [3.63, 3.8) is 0 Å². The van der Waals surface area contributed by atoms with Crippen LogP contribution in [0.5, 0.6) is 0 Å². The molecule has 0 aromatic rings. The van der Waals surface area contributed by atoms with Crippen LogP contribution in [0.4, 0.5) is 0 Å². The molecule has 2 heteroatoms. The SMILES string of the molecule is CCCCCCCCCCCCCCCC[N+]1(C)CCCCC1.[I-]. The van der Waals surface area contributed by atoms with Crippen LogP contribution in [-0.4, -0.2) is 31.2 Å². The van der Waals surface area contributed by atoms with Gasteiger partial charge >= 0.3 is 0 Å². The zero-order valence-electron chi connectivity index (χ0n) is 17.0. The van der Waals surface area contributed by atoms with E-state index in [-0.39, 0.29) is 24.0 Å². The first-order valence-corrected chi connectivity index (χ1v) is 11.1. The molecule has 24 heavy (non-hydrogen) atoms. The van der Waals surface area contributed by atoms with E-state index < -0.39 is 0 Å². The van der Waals surface area contributed by atoms with Gasteiger partial charge in [-0.1, -0.05) is 84.0 Å². The number of nitrogens with zero attached hydrogens (tertiary/aromatic N) is 1. The lowest BCUT2D eigenvalue weighted by molar-refractivity contribution is -0.914. The number of hydrogen-bond donors (Lipinski definition) is 0. The minimum atomic E-state index is 0. The predicted molar refractivity (Wildman–Crippen MR) is 105 cm³/mol. The van der Waals surface area contributed by atoms with Gasteiger partial charge in [0.15, 0.2) is 0 Å². The molecule has 1 aliphatic heterocycles. The monoisotopic (exact) mass is 451 g/mol. The molecule has 1 saturated heterocycles. The highest BCUT2D eigenvalue weighted by atomic mass is 127. The second-order valence-corrected chi connectivity index (χ2v) is 8.45. The highest BCUT2D eigenvalue weighted by Crippen LogP contribution is 2.18. The first-order chi connectivity index (χ1) is 11.3. The predicted octanol–water partition coefficient (Wildman–Crippen LogP) is 4.10. The molecule has 1 fully saturated rings. The Bertz CT molecular complexity index is 248. The van der Waals surface area contributed by atoms with Crippen molar-refractivity contribution in [2.75, 3.05) is 26.7 Å². The minimum Gasteiger partial charge on any atom is -1.00 e. The molecule has 0 aliphatic carbocycles. The molecule has 0 N–H and O–H groups in total. The number of unbranched alkanes of at least 4 members (excludes halogenated alkanes) is 13. The van der Waals surface area contributed by atoms with Crippen molar-refractivity contribution in [2.24, 2.45) is 0 Å². The fraction of sp³-hybridized carbons (Fsp3) is 1.00. The van der Waals surface area contributed by atoms with Gasteiger partial charge in [-0.3, -0.25) is 0 Å². The number of likely N-dealkylation sites (tertiary alicyclic amines) is 1. The van der Waals surface area contributed by atoms with E-state index >= 15 is 0 Å². The van der Waals surface area contributed by atoms with E-state index in [0.29, 0.717) is 0 Å². The molecule has 1 rings (SSSR count). The van der Waals surface area contributed by atoms with E-state index in [0.717, 1.165) is 0 Å². The minimum absolute atomic E-state index is 0. The smallest absolute Gasteiger partial charge is 0.0784 e.